The van der Waals surface area contributed by atoms with E-state index in [1.807, 2.05) is 13.8 Å². The first-order chi connectivity index (χ1) is 8.51. The number of ether oxygens (including phenoxy) is 2. The van der Waals surface area contributed by atoms with E-state index in [0.29, 0.717) is 11.5 Å². The summed E-state index contributed by atoms with van der Waals surface area (Å²) in [6, 6.07) is 3.55. The molecule has 18 heavy (non-hydrogen) atoms. The number of rotatable bonds is 3. The van der Waals surface area contributed by atoms with Crippen LogP contribution in [-0.4, -0.2) is 25.3 Å². The average molecular weight is 248 g/mol. The number of carboxylic acids is 1. The molecule has 1 atom stereocenters. The summed E-state index contributed by atoms with van der Waals surface area (Å²) in [6.07, 6.45) is 0. The van der Waals surface area contributed by atoms with Crippen molar-refractivity contribution in [2.75, 3.05) is 14.2 Å². The Morgan fingerprint density at radius 3 is 2.39 bits per heavy atom. The zero-order valence-corrected chi connectivity index (χ0v) is 10.9. The molecule has 0 bridgehead atoms. The smallest absolute Gasteiger partial charge is 0.315 e. The van der Waals surface area contributed by atoms with Gasteiger partial charge in [0.1, 0.15) is 17.4 Å². The molecule has 0 saturated heterocycles. The van der Waals surface area contributed by atoms with Crippen LogP contribution < -0.4 is 9.47 Å². The number of allylic oxidation sites excluding steroid dienone is 1. The number of carbonyl (C=O) groups is 1. The van der Waals surface area contributed by atoms with Gasteiger partial charge in [-0.3, -0.25) is 4.79 Å². The zero-order chi connectivity index (χ0) is 13.4. The van der Waals surface area contributed by atoms with E-state index in [2.05, 4.69) is 0 Å². The lowest BCUT2D eigenvalue weighted by Crippen LogP contribution is -2.10. The van der Waals surface area contributed by atoms with E-state index in [-0.39, 0.29) is 0 Å². The van der Waals surface area contributed by atoms with Crippen LogP contribution in [0.4, 0.5) is 0 Å². The fraction of sp³-hybridized carbons (Fsp3) is 0.357. The molecule has 96 valence electrons. The summed E-state index contributed by atoms with van der Waals surface area (Å²) >= 11 is 0. The maximum Gasteiger partial charge on any atom is 0.315 e. The second-order valence-electron chi connectivity index (χ2n) is 4.37. The van der Waals surface area contributed by atoms with Crippen molar-refractivity contribution >= 4 is 11.5 Å². The van der Waals surface area contributed by atoms with Gasteiger partial charge < -0.3 is 14.6 Å². The van der Waals surface area contributed by atoms with Gasteiger partial charge >= 0.3 is 5.97 Å². The summed E-state index contributed by atoms with van der Waals surface area (Å²) in [7, 11) is 3.13. The van der Waals surface area contributed by atoms with Gasteiger partial charge in [0.25, 0.3) is 0 Å². The van der Waals surface area contributed by atoms with E-state index in [0.717, 1.165) is 22.3 Å². The highest BCUT2D eigenvalue weighted by Crippen LogP contribution is 2.47. The molecule has 0 fully saturated rings. The lowest BCUT2D eigenvalue weighted by atomic mass is 9.96. The van der Waals surface area contributed by atoms with E-state index in [9.17, 15) is 9.90 Å². The second-order valence-corrected chi connectivity index (χ2v) is 4.37. The van der Waals surface area contributed by atoms with Gasteiger partial charge in [-0.15, -0.1) is 0 Å². The van der Waals surface area contributed by atoms with Gasteiger partial charge in [0.2, 0.25) is 0 Å². The SMILES string of the molecule is COc1cc(OC)c2c(c1)C(C(=O)O)C(C)=C2C. The average Bonchev–Trinajstić information content (AvgIpc) is 2.60. The number of aliphatic carboxylic acids is 1. The Balaban J connectivity index is 2.71. The summed E-state index contributed by atoms with van der Waals surface area (Å²) < 4.78 is 10.5. The van der Waals surface area contributed by atoms with Crippen LogP contribution in [-0.2, 0) is 4.79 Å². The highest BCUT2D eigenvalue weighted by molar-refractivity contribution is 5.93. The van der Waals surface area contributed by atoms with Crippen LogP contribution in [0, 0.1) is 0 Å². The molecule has 4 heteroatoms. The van der Waals surface area contributed by atoms with Gasteiger partial charge in [-0.1, -0.05) is 5.57 Å². The van der Waals surface area contributed by atoms with Crippen LogP contribution in [0.2, 0.25) is 0 Å². The standard InChI is InChI=1S/C14H16O4/c1-7-8(2)13(14(15)16)10-5-9(17-3)6-11(18-4)12(7)10/h5-6,13H,1-4H3,(H,15,16). The molecule has 1 unspecified atom stereocenters. The molecule has 0 aromatic heterocycles. The Morgan fingerprint density at radius 1 is 1.22 bits per heavy atom. The van der Waals surface area contributed by atoms with Crippen LogP contribution in [0.3, 0.4) is 0 Å². The fourth-order valence-corrected chi connectivity index (χ4v) is 2.48. The molecule has 2 rings (SSSR count). The lowest BCUT2D eigenvalue weighted by molar-refractivity contribution is -0.137. The Kier molecular flexibility index (Phi) is 3.03. The van der Waals surface area contributed by atoms with Gasteiger partial charge in [0.05, 0.1) is 14.2 Å². The molecular weight excluding hydrogens is 232 g/mol. The molecule has 0 heterocycles. The largest absolute Gasteiger partial charge is 0.497 e. The summed E-state index contributed by atoms with van der Waals surface area (Å²) in [5.74, 6) is -0.186. The van der Waals surface area contributed by atoms with Crippen molar-refractivity contribution in [2.45, 2.75) is 19.8 Å². The maximum absolute atomic E-state index is 11.4. The fourth-order valence-electron chi connectivity index (χ4n) is 2.48. The highest BCUT2D eigenvalue weighted by atomic mass is 16.5. The predicted octanol–water partition coefficient (Wildman–Crippen LogP) is 2.68. The molecule has 1 aliphatic carbocycles. The van der Waals surface area contributed by atoms with E-state index in [1.165, 1.54) is 0 Å². The monoisotopic (exact) mass is 248 g/mol. The Morgan fingerprint density at radius 2 is 1.89 bits per heavy atom. The molecule has 1 aromatic rings. The Labute approximate surface area is 106 Å². The molecule has 0 saturated carbocycles. The topological polar surface area (TPSA) is 55.8 Å². The van der Waals surface area contributed by atoms with Crippen LogP contribution >= 0.6 is 0 Å². The first kappa shape index (κ1) is 12.5. The molecule has 0 radical (unpaired) electrons. The molecule has 0 amide bonds. The van der Waals surface area contributed by atoms with Crippen molar-refractivity contribution in [2.24, 2.45) is 0 Å². The third kappa shape index (κ3) is 1.65. The summed E-state index contributed by atoms with van der Waals surface area (Å²) in [6.45, 7) is 3.77. The molecule has 4 nitrogen and oxygen atoms in total. The summed E-state index contributed by atoms with van der Waals surface area (Å²) in [5.41, 5.74) is 3.44. The van der Waals surface area contributed by atoms with Crippen molar-refractivity contribution in [3.63, 3.8) is 0 Å². The molecule has 1 N–H and O–H groups in total. The lowest BCUT2D eigenvalue weighted by Gasteiger charge is -2.13. The Hall–Kier alpha value is -1.97. The first-order valence-electron chi connectivity index (χ1n) is 5.67. The number of hydrogen-bond donors (Lipinski definition) is 1. The van der Waals surface area contributed by atoms with Crippen LogP contribution in [0.25, 0.3) is 5.57 Å². The summed E-state index contributed by atoms with van der Waals surface area (Å²) in [5, 5.41) is 9.36. The molecule has 0 spiro atoms. The molecular formula is C14H16O4. The maximum atomic E-state index is 11.4. The van der Waals surface area contributed by atoms with Gasteiger partial charge in [-0.25, -0.2) is 0 Å². The normalized spacial score (nSPS) is 17.7. The van der Waals surface area contributed by atoms with Crippen molar-refractivity contribution in [1.29, 1.82) is 0 Å². The van der Waals surface area contributed by atoms with Gasteiger partial charge in [-0.05, 0) is 31.1 Å². The third-order valence-electron chi connectivity index (χ3n) is 3.52. The van der Waals surface area contributed by atoms with Gasteiger partial charge in [-0.2, -0.15) is 0 Å². The van der Waals surface area contributed by atoms with Crippen LogP contribution in [0.15, 0.2) is 17.7 Å². The quantitative estimate of drug-likeness (QED) is 0.893. The minimum atomic E-state index is -0.846. The van der Waals surface area contributed by atoms with Crippen molar-refractivity contribution in [3.05, 3.63) is 28.8 Å². The van der Waals surface area contributed by atoms with Crippen LogP contribution in [0.5, 0.6) is 11.5 Å². The Bertz CT molecular complexity index is 543. The molecule has 1 aromatic carbocycles. The third-order valence-corrected chi connectivity index (χ3v) is 3.52. The van der Waals surface area contributed by atoms with Gasteiger partial charge in [0.15, 0.2) is 0 Å². The zero-order valence-electron chi connectivity index (χ0n) is 10.9. The number of carboxylic acid groups (broad SMARTS) is 1. The van der Waals surface area contributed by atoms with Crippen molar-refractivity contribution in [1.82, 2.24) is 0 Å². The van der Waals surface area contributed by atoms with Crippen LogP contribution in [0.1, 0.15) is 30.9 Å². The molecule has 1 aliphatic rings. The number of methoxy groups -OCH3 is 2. The number of hydrogen-bond acceptors (Lipinski definition) is 3. The minimum Gasteiger partial charge on any atom is -0.497 e. The number of fused-ring (bicyclic) bond motifs is 1. The number of benzene rings is 1. The first-order valence-corrected chi connectivity index (χ1v) is 5.67. The molecule has 0 aliphatic heterocycles. The van der Waals surface area contributed by atoms with E-state index >= 15 is 0 Å². The van der Waals surface area contributed by atoms with E-state index < -0.39 is 11.9 Å². The minimum absolute atomic E-state index is 0.607. The van der Waals surface area contributed by atoms with Crippen molar-refractivity contribution in [3.8, 4) is 11.5 Å². The highest BCUT2D eigenvalue weighted by Gasteiger charge is 2.34. The van der Waals surface area contributed by atoms with Gasteiger partial charge in [0, 0.05) is 11.6 Å². The van der Waals surface area contributed by atoms with E-state index in [4.69, 9.17) is 9.47 Å². The van der Waals surface area contributed by atoms with Crippen molar-refractivity contribution < 1.29 is 19.4 Å². The predicted molar refractivity (Wildman–Crippen MR) is 68.2 cm³/mol. The summed E-state index contributed by atoms with van der Waals surface area (Å²) in [4.78, 5) is 11.4. The van der Waals surface area contributed by atoms with E-state index in [1.54, 1.807) is 26.4 Å². The second kappa shape index (κ2) is 4.37.